The van der Waals surface area contributed by atoms with Crippen molar-refractivity contribution in [3.05, 3.63) is 53.1 Å². The molecular weight excluding hydrogens is 324 g/mol. The van der Waals surface area contributed by atoms with E-state index >= 15 is 0 Å². The Bertz CT molecular complexity index is 754. The third kappa shape index (κ3) is 4.09. The number of hydrogen-bond acceptors (Lipinski definition) is 6. The third-order valence-corrected chi connectivity index (χ3v) is 3.70. The predicted octanol–water partition coefficient (Wildman–Crippen LogP) is 3.15. The molecule has 0 saturated carbocycles. The fraction of sp³-hybridized carbons (Fsp3) is 0.263. The minimum absolute atomic E-state index is 0.0730. The number of phenols is 1. The summed E-state index contributed by atoms with van der Waals surface area (Å²) in [7, 11) is 2.71. The molecule has 0 saturated heterocycles. The first-order valence-electron chi connectivity index (χ1n) is 7.64. The van der Waals surface area contributed by atoms with Crippen molar-refractivity contribution in [1.82, 2.24) is 0 Å². The van der Waals surface area contributed by atoms with Crippen molar-refractivity contribution in [2.75, 3.05) is 14.2 Å². The number of hydrogen-bond donors (Lipinski definition) is 1. The maximum atomic E-state index is 12.4. The highest BCUT2D eigenvalue weighted by atomic mass is 16.5. The van der Waals surface area contributed by atoms with Gasteiger partial charge >= 0.3 is 5.97 Å². The van der Waals surface area contributed by atoms with E-state index in [1.807, 2.05) is 19.1 Å². The van der Waals surface area contributed by atoms with Gasteiger partial charge in [-0.05, 0) is 26.0 Å². The number of carbonyl (C=O) groups excluding carboxylic acids is 2. The molecule has 0 aliphatic carbocycles. The van der Waals surface area contributed by atoms with Gasteiger partial charge in [-0.3, -0.25) is 4.79 Å². The van der Waals surface area contributed by atoms with Crippen LogP contribution in [-0.2, 0) is 4.74 Å². The summed E-state index contributed by atoms with van der Waals surface area (Å²) in [5.41, 5.74) is 1.60. The molecule has 0 spiro atoms. The lowest BCUT2D eigenvalue weighted by Crippen LogP contribution is -2.24. The van der Waals surface area contributed by atoms with E-state index < -0.39 is 12.1 Å². The van der Waals surface area contributed by atoms with Gasteiger partial charge in [0, 0.05) is 5.56 Å². The normalized spacial score (nSPS) is 11.5. The zero-order valence-corrected chi connectivity index (χ0v) is 14.5. The van der Waals surface area contributed by atoms with Gasteiger partial charge in [0.15, 0.2) is 17.6 Å². The van der Waals surface area contributed by atoms with Crippen molar-refractivity contribution < 1.29 is 28.9 Å². The van der Waals surface area contributed by atoms with Crippen LogP contribution in [0.15, 0.2) is 36.4 Å². The summed E-state index contributed by atoms with van der Waals surface area (Å²) in [4.78, 5) is 24.7. The van der Waals surface area contributed by atoms with Gasteiger partial charge in [0.2, 0.25) is 11.5 Å². The van der Waals surface area contributed by atoms with E-state index in [1.54, 1.807) is 12.1 Å². The lowest BCUT2D eigenvalue weighted by Gasteiger charge is -2.14. The quantitative estimate of drug-likeness (QED) is 0.640. The first-order chi connectivity index (χ1) is 11.9. The topological polar surface area (TPSA) is 82.1 Å². The number of esters is 1. The average molecular weight is 344 g/mol. The van der Waals surface area contributed by atoms with Gasteiger partial charge in [0.25, 0.3) is 0 Å². The summed E-state index contributed by atoms with van der Waals surface area (Å²) < 4.78 is 15.3. The minimum Gasteiger partial charge on any atom is -0.502 e. The number of methoxy groups -OCH3 is 2. The van der Waals surface area contributed by atoms with Crippen LogP contribution in [0.3, 0.4) is 0 Å². The summed E-state index contributed by atoms with van der Waals surface area (Å²) in [6.45, 7) is 3.43. The Balaban J connectivity index is 2.18. The Morgan fingerprint density at radius 3 is 1.96 bits per heavy atom. The molecule has 6 nitrogen and oxygen atoms in total. The van der Waals surface area contributed by atoms with Crippen LogP contribution in [-0.4, -0.2) is 37.2 Å². The van der Waals surface area contributed by atoms with Crippen LogP contribution in [0.2, 0.25) is 0 Å². The molecule has 0 aliphatic rings. The van der Waals surface area contributed by atoms with Crippen molar-refractivity contribution in [3.63, 3.8) is 0 Å². The van der Waals surface area contributed by atoms with Gasteiger partial charge in [-0.1, -0.05) is 29.8 Å². The summed E-state index contributed by atoms with van der Waals surface area (Å²) in [5.74, 6) is -1.09. The average Bonchev–Trinajstić information content (AvgIpc) is 2.61. The van der Waals surface area contributed by atoms with Gasteiger partial charge < -0.3 is 19.3 Å². The second-order valence-electron chi connectivity index (χ2n) is 5.51. The number of aromatic hydroxyl groups is 1. The van der Waals surface area contributed by atoms with Crippen molar-refractivity contribution in [2.24, 2.45) is 0 Å². The summed E-state index contributed by atoms with van der Waals surface area (Å²) in [6, 6.07) is 9.66. The summed E-state index contributed by atoms with van der Waals surface area (Å²) >= 11 is 0. The second-order valence-corrected chi connectivity index (χ2v) is 5.51. The van der Waals surface area contributed by atoms with Crippen LogP contribution >= 0.6 is 0 Å². The van der Waals surface area contributed by atoms with Gasteiger partial charge in [-0.25, -0.2) is 4.79 Å². The number of ketones is 1. The zero-order valence-electron chi connectivity index (χ0n) is 14.5. The van der Waals surface area contributed by atoms with Crippen LogP contribution in [0.25, 0.3) is 0 Å². The van der Waals surface area contributed by atoms with Crippen LogP contribution in [0.5, 0.6) is 17.2 Å². The van der Waals surface area contributed by atoms with Crippen LogP contribution in [0.4, 0.5) is 0 Å². The highest BCUT2D eigenvalue weighted by Gasteiger charge is 2.22. The van der Waals surface area contributed by atoms with Gasteiger partial charge in [-0.15, -0.1) is 0 Å². The number of rotatable bonds is 6. The number of Topliss-reactive ketones (excluding diaryl/α,β-unsaturated/α-hetero) is 1. The standard InChI is InChI=1S/C19H20O6/c1-11-5-7-13(8-6-11)17(20)12(2)25-19(22)14-9-15(23-3)18(21)16(10-14)24-4/h5-10,12,21H,1-4H3/t12-/m1/s1. The fourth-order valence-electron chi connectivity index (χ4n) is 2.25. The molecule has 0 bridgehead atoms. The maximum absolute atomic E-state index is 12.4. The minimum atomic E-state index is -0.957. The smallest absolute Gasteiger partial charge is 0.339 e. The van der Waals surface area contributed by atoms with E-state index in [2.05, 4.69) is 0 Å². The highest BCUT2D eigenvalue weighted by molar-refractivity contribution is 6.01. The molecule has 1 atom stereocenters. The molecule has 1 N–H and O–H groups in total. The molecule has 0 aliphatic heterocycles. The number of carbonyl (C=O) groups is 2. The van der Waals surface area contributed by atoms with Crippen molar-refractivity contribution >= 4 is 11.8 Å². The van der Waals surface area contributed by atoms with E-state index in [4.69, 9.17) is 14.2 Å². The molecule has 0 aromatic heterocycles. The summed E-state index contributed by atoms with van der Waals surface area (Å²) in [5, 5.41) is 9.88. The van der Waals surface area contributed by atoms with E-state index in [-0.39, 0.29) is 28.6 Å². The third-order valence-electron chi connectivity index (χ3n) is 3.70. The molecule has 6 heteroatoms. The van der Waals surface area contributed by atoms with Crippen LogP contribution in [0.1, 0.15) is 33.2 Å². The van der Waals surface area contributed by atoms with Crippen molar-refractivity contribution in [3.8, 4) is 17.2 Å². The van der Waals surface area contributed by atoms with Crippen LogP contribution < -0.4 is 9.47 Å². The monoisotopic (exact) mass is 344 g/mol. The van der Waals surface area contributed by atoms with E-state index in [0.717, 1.165) is 5.56 Å². The van der Waals surface area contributed by atoms with E-state index in [0.29, 0.717) is 5.56 Å². The molecule has 2 rings (SSSR count). The van der Waals surface area contributed by atoms with Crippen LogP contribution in [0, 0.1) is 6.92 Å². The Morgan fingerprint density at radius 2 is 1.48 bits per heavy atom. The number of aryl methyl sites for hydroxylation is 1. The lowest BCUT2D eigenvalue weighted by molar-refractivity contribution is 0.0318. The Labute approximate surface area is 146 Å². The molecule has 25 heavy (non-hydrogen) atoms. The predicted molar refractivity (Wildman–Crippen MR) is 91.6 cm³/mol. The molecule has 0 unspecified atom stereocenters. The Hall–Kier alpha value is -3.02. The van der Waals surface area contributed by atoms with Gasteiger partial charge in [-0.2, -0.15) is 0 Å². The molecule has 132 valence electrons. The summed E-state index contributed by atoms with van der Waals surface area (Å²) in [6.07, 6.45) is -0.957. The lowest BCUT2D eigenvalue weighted by atomic mass is 10.1. The van der Waals surface area contributed by atoms with Crippen molar-refractivity contribution in [1.29, 1.82) is 0 Å². The molecular formula is C19H20O6. The molecule has 0 heterocycles. The zero-order chi connectivity index (χ0) is 18.6. The molecule has 0 amide bonds. The highest BCUT2D eigenvalue weighted by Crippen LogP contribution is 2.37. The Morgan fingerprint density at radius 1 is 0.960 bits per heavy atom. The van der Waals surface area contributed by atoms with Gasteiger partial charge in [0.1, 0.15) is 0 Å². The largest absolute Gasteiger partial charge is 0.502 e. The fourth-order valence-corrected chi connectivity index (χ4v) is 2.25. The maximum Gasteiger partial charge on any atom is 0.339 e. The molecule has 0 fully saturated rings. The second kappa shape index (κ2) is 7.70. The molecule has 0 radical (unpaired) electrons. The van der Waals surface area contributed by atoms with E-state index in [1.165, 1.54) is 33.3 Å². The van der Waals surface area contributed by atoms with Gasteiger partial charge in [0.05, 0.1) is 19.8 Å². The van der Waals surface area contributed by atoms with E-state index in [9.17, 15) is 14.7 Å². The number of phenolic OH excluding ortho intramolecular Hbond substituents is 1. The van der Waals surface area contributed by atoms with Crippen molar-refractivity contribution in [2.45, 2.75) is 20.0 Å². The molecule has 2 aromatic rings. The number of benzene rings is 2. The first kappa shape index (κ1) is 18.3. The first-order valence-corrected chi connectivity index (χ1v) is 7.64. The SMILES string of the molecule is COc1cc(C(=O)O[C@H](C)C(=O)c2ccc(C)cc2)cc(OC)c1O. The molecule has 2 aromatic carbocycles. The number of ether oxygens (including phenoxy) is 3. The Kier molecular flexibility index (Phi) is 5.64.